The van der Waals surface area contributed by atoms with Crippen molar-refractivity contribution in [1.29, 1.82) is 0 Å². The normalized spacial score (nSPS) is 12.0. The van der Waals surface area contributed by atoms with Crippen molar-refractivity contribution in [2.24, 2.45) is 0 Å². The van der Waals surface area contributed by atoms with Crippen LogP contribution in [-0.2, 0) is 0 Å². The fraction of sp³-hybridized carbons (Fsp3) is 0.0312. The molecule has 3 nitrogen and oxygen atoms in total. The van der Waals surface area contributed by atoms with E-state index in [0.717, 1.165) is 77.5 Å². The second kappa shape index (κ2) is 15.0. The Bertz CT molecular complexity index is 4300. The molecule has 2 heterocycles. The van der Waals surface area contributed by atoms with Gasteiger partial charge in [0.15, 0.2) is 5.58 Å². The summed E-state index contributed by atoms with van der Waals surface area (Å²) in [6.45, 7) is 4.48. The third-order valence-corrected chi connectivity index (χ3v) is 14.6. The van der Waals surface area contributed by atoms with Crippen LogP contribution in [-0.4, -0.2) is 6.71 Å². The molecule has 0 spiro atoms. The number of hydrogen-bond donors (Lipinski definition) is 0. The highest BCUT2D eigenvalue weighted by Gasteiger charge is 2.32. The van der Waals surface area contributed by atoms with Gasteiger partial charge < -0.3 is 13.7 Å². The zero-order chi connectivity index (χ0) is 45.0. The molecule has 0 aliphatic rings. The summed E-state index contributed by atoms with van der Waals surface area (Å²) in [7, 11) is 0. The number of anilines is 3. The number of nitrogens with zero attached hydrogens (tertiary/aromatic N) is 1. The van der Waals surface area contributed by atoms with Crippen LogP contribution in [0.25, 0.3) is 98.1 Å². The quantitative estimate of drug-likeness (QED) is 0.0908. The minimum Gasteiger partial charge on any atom is -0.457 e. The minimum atomic E-state index is -0.115. The number of rotatable bonds is 7. The number of para-hydroxylation sites is 5. The Labute approximate surface area is 393 Å². The summed E-state index contributed by atoms with van der Waals surface area (Å²) in [5, 5.41) is 14.5. The summed E-state index contributed by atoms with van der Waals surface area (Å²) in [6, 6.07) is 79.4. The molecule has 68 heavy (non-hydrogen) atoms. The fourth-order valence-corrected chi connectivity index (χ4v) is 11.7. The van der Waals surface area contributed by atoms with Crippen LogP contribution in [0.1, 0.15) is 11.1 Å². The lowest BCUT2D eigenvalue weighted by atomic mass is 9.36. The number of aryl methyl sites for hydroxylation is 2. The van der Waals surface area contributed by atoms with Gasteiger partial charge in [-0.3, -0.25) is 0 Å². The summed E-state index contributed by atoms with van der Waals surface area (Å²) in [5.74, 6) is 0. The highest BCUT2D eigenvalue weighted by atomic mass is 16.3. The molecule has 14 aromatic rings. The molecule has 12 aromatic carbocycles. The average Bonchev–Trinajstić information content (AvgIpc) is 3.97. The first-order valence-electron chi connectivity index (χ1n) is 23.5. The van der Waals surface area contributed by atoms with Gasteiger partial charge >= 0.3 is 0 Å². The highest BCUT2D eigenvalue weighted by molar-refractivity contribution is 6.98. The number of hydrogen-bond acceptors (Lipinski definition) is 3. The van der Waals surface area contributed by atoms with E-state index < -0.39 is 0 Å². The molecule has 0 saturated heterocycles. The Morgan fingerprint density at radius 1 is 0.338 bits per heavy atom. The molecule has 2 aromatic heterocycles. The first kappa shape index (κ1) is 38.7. The summed E-state index contributed by atoms with van der Waals surface area (Å²) in [5.41, 5.74) is 15.1. The summed E-state index contributed by atoms with van der Waals surface area (Å²) < 4.78 is 13.8. The largest absolute Gasteiger partial charge is 0.457 e. The van der Waals surface area contributed by atoms with Gasteiger partial charge in [-0.15, -0.1) is 0 Å². The predicted molar refractivity (Wildman–Crippen MR) is 289 cm³/mol. The fourth-order valence-electron chi connectivity index (χ4n) is 11.7. The van der Waals surface area contributed by atoms with Crippen LogP contribution in [0.5, 0.6) is 0 Å². The maximum atomic E-state index is 6.94. The highest BCUT2D eigenvalue weighted by Crippen LogP contribution is 2.52. The Morgan fingerprint density at radius 3 is 1.63 bits per heavy atom. The molecule has 318 valence electrons. The molecule has 14 rings (SSSR count). The van der Waals surface area contributed by atoms with Crippen LogP contribution < -0.4 is 21.3 Å². The van der Waals surface area contributed by atoms with Crippen molar-refractivity contribution in [2.75, 3.05) is 4.90 Å². The van der Waals surface area contributed by atoms with Crippen LogP contribution in [0.4, 0.5) is 17.1 Å². The molecule has 0 aliphatic carbocycles. The van der Waals surface area contributed by atoms with Gasteiger partial charge in [-0.05, 0) is 98.6 Å². The minimum absolute atomic E-state index is 0.115. The molecular formula is C64H42BNO2. The van der Waals surface area contributed by atoms with Crippen molar-refractivity contribution >= 4 is 127 Å². The van der Waals surface area contributed by atoms with Gasteiger partial charge in [0.1, 0.15) is 16.7 Å². The molecule has 0 atom stereocenters. The van der Waals surface area contributed by atoms with Gasteiger partial charge in [-0.25, -0.2) is 0 Å². The second-order valence-corrected chi connectivity index (χ2v) is 18.3. The van der Waals surface area contributed by atoms with E-state index in [4.69, 9.17) is 8.83 Å². The van der Waals surface area contributed by atoms with E-state index in [-0.39, 0.29) is 6.71 Å². The lowest BCUT2D eigenvalue weighted by Crippen LogP contribution is -2.52. The third kappa shape index (κ3) is 5.61. The van der Waals surface area contributed by atoms with Crippen LogP contribution in [0, 0.1) is 13.8 Å². The Hall–Kier alpha value is -8.60. The van der Waals surface area contributed by atoms with Crippen molar-refractivity contribution in [2.45, 2.75) is 13.8 Å². The number of fused-ring (bicyclic) bond motifs is 9. The van der Waals surface area contributed by atoms with Crippen LogP contribution in [0.3, 0.4) is 0 Å². The molecule has 4 heteroatoms. The summed E-state index contributed by atoms with van der Waals surface area (Å²) >= 11 is 0. The Morgan fingerprint density at radius 2 is 0.882 bits per heavy atom. The summed E-state index contributed by atoms with van der Waals surface area (Å²) in [4.78, 5) is 2.49. The van der Waals surface area contributed by atoms with Crippen molar-refractivity contribution in [3.8, 4) is 11.1 Å². The van der Waals surface area contributed by atoms with Gasteiger partial charge in [0.05, 0.1) is 17.1 Å². The van der Waals surface area contributed by atoms with Crippen molar-refractivity contribution < 1.29 is 8.83 Å². The topological polar surface area (TPSA) is 29.5 Å². The van der Waals surface area contributed by atoms with Gasteiger partial charge in [0.2, 0.25) is 6.71 Å². The second-order valence-electron chi connectivity index (χ2n) is 18.3. The van der Waals surface area contributed by atoms with E-state index in [0.29, 0.717) is 0 Å². The third-order valence-electron chi connectivity index (χ3n) is 14.6. The van der Waals surface area contributed by atoms with E-state index in [1.165, 1.54) is 65.1 Å². The molecule has 0 unspecified atom stereocenters. The van der Waals surface area contributed by atoms with Gasteiger partial charge in [0, 0.05) is 37.9 Å². The maximum Gasteiger partial charge on any atom is 0.246 e. The van der Waals surface area contributed by atoms with E-state index in [2.05, 4.69) is 237 Å². The zero-order valence-electron chi connectivity index (χ0n) is 37.6. The van der Waals surface area contributed by atoms with Gasteiger partial charge in [-0.2, -0.15) is 0 Å². The van der Waals surface area contributed by atoms with Crippen molar-refractivity contribution in [3.63, 3.8) is 0 Å². The first-order valence-corrected chi connectivity index (χ1v) is 23.5. The standard InChI is InChI=1S/C64H42BNO2/c1-39-38-56(66(54-31-14-11-23-44(54)41-19-5-3-6-20-41)55-32-18-29-50-46-25-13-16-34-58(46)68-64(50)55)60-48-27-10-9-26-47(48)59-40(2)37-53(51-36-35-43(39)61(60)62(51)59)65(42-21-7-4-8-22-42)52-30-17-28-49-45-24-12-15-33-57(45)67-63(49)52/h3-38H,1-2H3. The van der Waals surface area contributed by atoms with E-state index in [1.54, 1.807) is 0 Å². The zero-order valence-corrected chi connectivity index (χ0v) is 37.6. The molecule has 0 aliphatic heterocycles. The molecule has 0 saturated carbocycles. The molecular weight excluding hydrogens is 826 g/mol. The lowest BCUT2D eigenvalue weighted by Gasteiger charge is -2.31. The van der Waals surface area contributed by atoms with Crippen molar-refractivity contribution in [1.82, 2.24) is 0 Å². The molecule has 0 radical (unpaired) electrons. The molecule has 0 amide bonds. The average molecular weight is 868 g/mol. The van der Waals surface area contributed by atoms with E-state index in [9.17, 15) is 0 Å². The number of furan rings is 2. The Balaban J connectivity index is 1.14. The predicted octanol–water partition coefficient (Wildman–Crippen LogP) is 15.8. The monoisotopic (exact) mass is 867 g/mol. The molecule has 0 N–H and O–H groups in total. The maximum absolute atomic E-state index is 6.94. The van der Waals surface area contributed by atoms with E-state index >= 15 is 0 Å². The van der Waals surface area contributed by atoms with E-state index in [1.807, 2.05) is 0 Å². The van der Waals surface area contributed by atoms with Crippen LogP contribution in [0.2, 0.25) is 0 Å². The van der Waals surface area contributed by atoms with Gasteiger partial charge in [-0.1, -0.05) is 199 Å². The van der Waals surface area contributed by atoms with Crippen LogP contribution >= 0.6 is 0 Å². The first-order chi connectivity index (χ1) is 33.6. The van der Waals surface area contributed by atoms with Gasteiger partial charge in [0.25, 0.3) is 0 Å². The Kier molecular flexibility index (Phi) is 8.51. The SMILES string of the molecule is Cc1cc(N(c2ccccc2-c2ccccc2)c2cccc3c2oc2ccccc23)c2c3ccccc3c3c(C)cc(B(c4ccccc4)c4cccc5c4oc4ccccc45)c4ccc1c2c43. The van der Waals surface area contributed by atoms with Crippen molar-refractivity contribution in [3.05, 3.63) is 230 Å². The molecule has 0 bridgehead atoms. The lowest BCUT2D eigenvalue weighted by molar-refractivity contribution is 0.669. The number of benzene rings is 12. The summed E-state index contributed by atoms with van der Waals surface area (Å²) in [6.07, 6.45) is 0. The van der Waals surface area contributed by atoms with Crippen LogP contribution in [0.15, 0.2) is 227 Å². The smallest absolute Gasteiger partial charge is 0.246 e. The molecule has 0 fully saturated rings.